The maximum absolute atomic E-state index is 12.0. The van der Waals surface area contributed by atoms with E-state index >= 15 is 0 Å². The number of esters is 1. The van der Waals surface area contributed by atoms with Gasteiger partial charge in [0.2, 0.25) is 0 Å². The van der Waals surface area contributed by atoms with Crippen LogP contribution in [-0.2, 0) is 4.74 Å². The van der Waals surface area contributed by atoms with Crippen molar-refractivity contribution in [3.05, 3.63) is 66.2 Å². The highest BCUT2D eigenvalue weighted by molar-refractivity contribution is 6.06. The summed E-state index contributed by atoms with van der Waals surface area (Å²) in [4.78, 5) is 12.0. The molecule has 3 aromatic carbocycles. The molecule has 22 heavy (non-hydrogen) atoms. The average Bonchev–Trinajstić information content (AvgIpc) is 2.60. The highest BCUT2D eigenvalue weighted by Gasteiger charge is 2.16. The number of benzene rings is 3. The van der Waals surface area contributed by atoms with E-state index in [4.69, 9.17) is 9.47 Å². The third-order valence-corrected chi connectivity index (χ3v) is 3.71. The molecule has 0 heterocycles. The van der Waals surface area contributed by atoms with Crippen molar-refractivity contribution in [1.29, 1.82) is 0 Å². The van der Waals surface area contributed by atoms with Crippen molar-refractivity contribution in [3.63, 3.8) is 0 Å². The van der Waals surface area contributed by atoms with Crippen LogP contribution in [0.25, 0.3) is 21.9 Å². The summed E-state index contributed by atoms with van der Waals surface area (Å²) >= 11 is 0. The second-order valence-corrected chi connectivity index (χ2v) is 4.90. The van der Waals surface area contributed by atoms with E-state index in [0.29, 0.717) is 5.56 Å². The number of hydrogen-bond donors (Lipinski definition) is 0. The first-order chi connectivity index (χ1) is 10.8. The van der Waals surface area contributed by atoms with E-state index in [0.717, 1.165) is 27.6 Å². The zero-order valence-corrected chi connectivity index (χ0v) is 12.5. The first-order valence-corrected chi connectivity index (χ1v) is 6.99. The Hall–Kier alpha value is -2.81. The van der Waals surface area contributed by atoms with Gasteiger partial charge in [0.25, 0.3) is 0 Å². The number of carbonyl (C=O) groups is 1. The Morgan fingerprint density at radius 2 is 1.50 bits per heavy atom. The summed E-state index contributed by atoms with van der Waals surface area (Å²) in [6.07, 6.45) is 0. The second kappa shape index (κ2) is 5.90. The fourth-order valence-electron chi connectivity index (χ4n) is 2.71. The van der Waals surface area contributed by atoms with Gasteiger partial charge in [-0.05, 0) is 28.6 Å². The van der Waals surface area contributed by atoms with Crippen LogP contribution in [0.5, 0.6) is 5.75 Å². The van der Waals surface area contributed by atoms with Crippen molar-refractivity contribution in [2.75, 3.05) is 14.2 Å². The Morgan fingerprint density at radius 3 is 2.23 bits per heavy atom. The van der Waals surface area contributed by atoms with Gasteiger partial charge >= 0.3 is 5.97 Å². The molecule has 0 saturated heterocycles. The summed E-state index contributed by atoms with van der Waals surface area (Å²) in [6.45, 7) is 0. The summed E-state index contributed by atoms with van der Waals surface area (Å²) in [6, 6.07) is 19.3. The van der Waals surface area contributed by atoms with Crippen LogP contribution in [0.1, 0.15) is 10.4 Å². The van der Waals surface area contributed by atoms with Gasteiger partial charge in [0.1, 0.15) is 5.75 Å². The molecule has 0 fully saturated rings. The zero-order valence-electron chi connectivity index (χ0n) is 12.5. The summed E-state index contributed by atoms with van der Waals surface area (Å²) in [5.74, 6) is 0.440. The van der Waals surface area contributed by atoms with Crippen molar-refractivity contribution >= 4 is 16.7 Å². The molecule has 0 amide bonds. The van der Waals surface area contributed by atoms with Crippen LogP contribution in [0, 0.1) is 0 Å². The molecular formula is C19H16O3. The Morgan fingerprint density at radius 1 is 0.818 bits per heavy atom. The first-order valence-electron chi connectivity index (χ1n) is 6.99. The predicted molar refractivity (Wildman–Crippen MR) is 87.3 cm³/mol. The van der Waals surface area contributed by atoms with Crippen LogP contribution in [-0.4, -0.2) is 20.2 Å². The van der Waals surface area contributed by atoms with Crippen LogP contribution in [0.2, 0.25) is 0 Å². The van der Waals surface area contributed by atoms with Crippen molar-refractivity contribution in [3.8, 4) is 16.9 Å². The molecule has 0 unspecified atom stereocenters. The molecule has 0 aliphatic rings. The van der Waals surface area contributed by atoms with Gasteiger partial charge in [0.05, 0.1) is 19.8 Å². The van der Waals surface area contributed by atoms with Gasteiger partial charge in [-0.3, -0.25) is 0 Å². The number of methoxy groups -OCH3 is 2. The van der Waals surface area contributed by atoms with Crippen LogP contribution in [0.3, 0.4) is 0 Å². The summed E-state index contributed by atoms with van der Waals surface area (Å²) in [5, 5.41) is 2.06. The third-order valence-electron chi connectivity index (χ3n) is 3.71. The number of fused-ring (bicyclic) bond motifs is 1. The topological polar surface area (TPSA) is 35.5 Å². The lowest BCUT2D eigenvalue weighted by atomic mass is 9.94. The van der Waals surface area contributed by atoms with Crippen molar-refractivity contribution in [1.82, 2.24) is 0 Å². The molecule has 0 saturated carbocycles. The van der Waals surface area contributed by atoms with Gasteiger partial charge in [0, 0.05) is 5.39 Å². The van der Waals surface area contributed by atoms with E-state index in [-0.39, 0.29) is 5.97 Å². The molecule has 0 spiro atoms. The number of rotatable bonds is 3. The van der Waals surface area contributed by atoms with Gasteiger partial charge in [-0.15, -0.1) is 0 Å². The molecule has 0 N–H and O–H groups in total. The van der Waals surface area contributed by atoms with Crippen LogP contribution >= 0.6 is 0 Å². The molecule has 0 aliphatic carbocycles. The van der Waals surface area contributed by atoms with Crippen molar-refractivity contribution < 1.29 is 14.3 Å². The lowest BCUT2D eigenvalue weighted by molar-refractivity contribution is 0.0601. The van der Waals surface area contributed by atoms with Crippen LogP contribution in [0.15, 0.2) is 60.7 Å². The van der Waals surface area contributed by atoms with Crippen LogP contribution < -0.4 is 4.74 Å². The third kappa shape index (κ3) is 2.31. The number of carbonyl (C=O) groups excluding carboxylic acids is 1. The van der Waals surface area contributed by atoms with Gasteiger partial charge in [-0.2, -0.15) is 0 Å². The maximum Gasteiger partial charge on any atom is 0.338 e. The minimum atomic E-state index is -0.345. The fourth-order valence-corrected chi connectivity index (χ4v) is 2.71. The highest BCUT2D eigenvalue weighted by Crippen LogP contribution is 2.36. The quantitative estimate of drug-likeness (QED) is 0.675. The molecule has 3 heteroatoms. The van der Waals surface area contributed by atoms with Gasteiger partial charge in [0.15, 0.2) is 0 Å². The van der Waals surface area contributed by atoms with Crippen molar-refractivity contribution in [2.24, 2.45) is 0 Å². The SMILES string of the molecule is COC(=O)c1ccccc1-c1cccc2cccc(OC)c12. The monoisotopic (exact) mass is 292 g/mol. The minimum Gasteiger partial charge on any atom is -0.496 e. The molecule has 0 atom stereocenters. The molecule has 0 aliphatic heterocycles. The molecule has 3 rings (SSSR count). The number of hydrogen-bond acceptors (Lipinski definition) is 3. The van der Waals surface area contributed by atoms with E-state index in [2.05, 4.69) is 0 Å². The molecule has 3 aromatic rings. The van der Waals surface area contributed by atoms with Gasteiger partial charge in [-0.1, -0.05) is 48.5 Å². The van der Waals surface area contributed by atoms with E-state index in [1.165, 1.54) is 7.11 Å². The Balaban J connectivity index is 2.34. The molecular weight excluding hydrogens is 276 g/mol. The van der Waals surface area contributed by atoms with E-state index in [1.54, 1.807) is 13.2 Å². The molecule has 0 radical (unpaired) electrons. The van der Waals surface area contributed by atoms with E-state index in [1.807, 2.05) is 54.6 Å². The summed E-state index contributed by atoms with van der Waals surface area (Å²) in [5.41, 5.74) is 2.34. The standard InChI is InChI=1S/C19H16O3/c1-21-17-12-6-8-13-7-5-11-15(18(13)17)14-9-3-4-10-16(14)19(20)22-2/h3-12H,1-2H3. The smallest absolute Gasteiger partial charge is 0.338 e. The van der Waals surface area contributed by atoms with Crippen LogP contribution in [0.4, 0.5) is 0 Å². The number of ether oxygens (including phenoxy) is 2. The van der Waals surface area contributed by atoms with Gasteiger partial charge in [-0.25, -0.2) is 4.79 Å². The molecule has 0 bridgehead atoms. The van der Waals surface area contributed by atoms with E-state index < -0.39 is 0 Å². The minimum absolute atomic E-state index is 0.345. The Bertz CT molecular complexity index is 832. The second-order valence-electron chi connectivity index (χ2n) is 4.90. The predicted octanol–water partition coefficient (Wildman–Crippen LogP) is 4.30. The first kappa shape index (κ1) is 14.1. The van der Waals surface area contributed by atoms with Crippen molar-refractivity contribution in [2.45, 2.75) is 0 Å². The molecule has 3 nitrogen and oxygen atoms in total. The zero-order chi connectivity index (χ0) is 15.5. The van der Waals surface area contributed by atoms with Gasteiger partial charge < -0.3 is 9.47 Å². The van der Waals surface area contributed by atoms with E-state index in [9.17, 15) is 4.79 Å². The largest absolute Gasteiger partial charge is 0.496 e. The summed E-state index contributed by atoms with van der Waals surface area (Å²) < 4.78 is 10.4. The molecule has 0 aromatic heterocycles. The molecule has 110 valence electrons. The average molecular weight is 292 g/mol. The fraction of sp³-hybridized carbons (Fsp3) is 0.105. The Kier molecular flexibility index (Phi) is 3.79. The highest BCUT2D eigenvalue weighted by atomic mass is 16.5. The maximum atomic E-state index is 12.0. The Labute approximate surface area is 129 Å². The summed E-state index contributed by atoms with van der Waals surface area (Å²) in [7, 11) is 3.04. The lowest BCUT2D eigenvalue weighted by Crippen LogP contribution is -2.03. The lowest BCUT2D eigenvalue weighted by Gasteiger charge is -2.13. The normalized spacial score (nSPS) is 10.5.